The largest absolute Gasteiger partial charge is 0.363 e. The Bertz CT molecular complexity index is 543. The fourth-order valence-electron chi connectivity index (χ4n) is 1.87. The van der Waals surface area contributed by atoms with E-state index in [9.17, 15) is 0 Å². The minimum Gasteiger partial charge on any atom is -0.363 e. The summed E-state index contributed by atoms with van der Waals surface area (Å²) in [6, 6.07) is 0. The summed E-state index contributed by atoms with van der Waals surface area (Å²) in [4.78, 5) is 14.6. The van der Waals surface area contributed by atoms with Crippen LogP contribution in [0.3, 0.4) is 0 Å². The van der Waals surface area contributed by atoms with Crippen molar-refractivity contribution >= 4 is 17.2 Å². The SMILES string of the molecule is CCCc1cnc(C)nc1NCc1nc(C)c(C)s1. The Hall–Kier alpha value is -1.49. The van der Waals surface area contributed by atoms with Crippen LogP contribution in [0.15, 0.2) is 6.20 Å². The zero-order valence-corrected chi connectivity index (χ0v) is 12.8. The molecule has 0 fully saturated rings. The monoisotopic (exact) mass is 276 g/mol. The predicted octanol–water partition coefficient (Wildman–Crippen LogP) is 3.42. The average molecular weight is 276 g/mol. The molecule has 0 unspecified atom stereocenters. The van der Waals surface area contributed by atoms with E-state index in [1.165, 1.54) is 10.4 Å². The Morgan fingerprint density at radius 2 is 2.00 bits per heavy atom. The van der Waals surface area contributed by atoms with Crippen molar-refractivity contribution in [1.29, 1.82) is 0 Å². The van der Waals surface area contributed by atoms with Crippen molar-refractivity contribution < 1.29 is 0 Å². The summed E-state index contributed by atoms with van der Waals surface area (Å²) < 4.78 is 0. The maximum absolute atomic E-state index is 4.54. The maximum atomic E-state index is 4.54. The third-order valence-corrected chi connectivity index (χ3v) is 4.06. The van der Waals surface area contributed by atoms with Gasteiger partial charge in [0.05, 0.1) is 12.2 Å². The van der Waals surface area contributed by atoms with Crippen LogP contribution in [0.1, 0.15) is 40.3 Å². The lowest BCUT2D eigenvalue weighted by Gasteiger charge is -2.09. The molecule has 2 aromatic heterocycles. The number of aryl methyl sites for hydroxylation is 4. The van der Waals surface area contributed by atoms with E-state index in [0.29, 0.717) is 0 Å². The van der Waals surface area contributed by atoms with E-state index >= 15 is 0 Å². The first-order chi connectivity index (χ1) is 9.10. The zero-order chi connectivity index (χ0) is 13.8. The predicted molar refractivity (Wildman–Crippen MR) is 79.7 cm³/mol. The third-order valence-electron chi connectivity index (χ3n) is 2.98. The summed E-state index contributed by atoms with van der Waals surface area (Å²) in [7, 11) is 0. The Balaban J connectivity index is 2.11. The molecule has 0 aliphatic rings. The van der Waals surface area contributed by atoms with Crippen molar-refractivity contribution in [3.8, 4) is 0 Å². The first-order valence-corrected chi connectivity index (χ1v) is 7.41. The maximum Gasteiger partial charge on any atom is 0.133 e. The Labute approximate surface area is 118 Å². The molecule has 2 rings (SSSR count). The Morgan fingerprint density at radius 3 is 2.63 bits per heavy atom. The van der Waals surface area contributed by atoms with Crippen molar-refractivity contribution in [2.75, 3.05) is 5.32 Å². The van der Waals surface area contributed by atoms with E-state index < -0.39 is 0 Å². The molecule has 5 heteroatoms. The lowest BCUT2D eigenvalue weighted by molar-refractivity contribution is 0.885. The zero-order valence-electron chi connectivity index (χ0n) is 11.9. The molecule has 0 spiro atoms. The second-order valence-electron chi connectivity index (χ2n) is 4.64. The van der Waals surface area contributed by atoms with Crippen LogP contribution in [0.4, 0.5) is 5.82 Å². The third kappa shape index (κ3) is 3.50. The molecule has 102 valence electrons. The standard InChI is InChI=1S/C14H20N4S/c1-5-6-12-7-15-11(4)18-14(12)16-8-13-17-9(2)10(3)19-13/h7H,5-6,8H2,1-4H3,(H,15,16,18). The fourth-order valence-corrected chi connectivity index (χ4v) is 2.75. The molecule has 0 radical (unpaired) electrons. The molecule has 0 saturated heterocycles. The van der Waals surface area contributed by atoms with Gasteiger partial charge in [-0.05, 0) is 27.2 Å². The van der Waals surface area contributed by atoms with E-state index in [4.69, 9.17) is 0 Å². The fraction of sp³-hybridized carbons (Fsp3) is 0.500. The lowest BCUT2D eigenvalue weighted by Crippen LogP contribution is -2.06. The molecule has 0 aliphatic carbocycles. The molecule has 4 nitrogen and oxygen atoms in total. The van der Waals surface area contributed by atoms with Gasteiger partial charge in [-0.1, -0.05) is 13.3 Å². The van der Waals surface area contributed by atoms with Gasteiger partial charge in [0.1, 0.15) is 16.6 Å². The molecule has 2 aromatic rings. The molecule has 0 atom stereocenters. The molecular weight excluding hydrogens is 256 g/mol. The Kier molecular flexibility index (Phi) is 4.47. The summed E-state index contributed by atoms with van der Waals surface area (Å²) in [5.74, 6) is 1.74. The lowest BCUT2D eigenvalue weighted by atomic mass is 10.2. The highest BCUT2D eigenvalue weighted by atomic mass is 32.1. The summed E-state index contributed by atoms with van der Waals surface area (Å²) >= 11 is 1.74. The van der Waals surface area contributed by atoms with Crippen LogP contribution in [0.2, 0.25) is 0 Å². The van der Waals surface area contributed by atoms with Gasteiger partial charge in [0, 0.05) is 16.6 Å². The Morgan fingerprint density at radius 1 is 1.21 bits per heavy atom. The van der Waals surface area contributed by atoms with Gasteiger partial charge in [0.15, 0.2) is 0 Å². The topological polar surface area (TPSA) is 50.7 Å². The van der Waals surface area contributed by atoms with Crippen LogP contribution in [0.25, 0.3) is 0 Å². The van der Waals surface area contributed by atoms with Gasteiger partial charge in [-0.2, -0.15) is 0 Å². The van der Waals surface area contributed by atoms with Gasteiger partial charge < -0.3 is 5.32 Å². The molecule has 0 aromatic carbocycles. The number of aromatic nitrogens is 3. The van der Waals surface area contributed by atoms with Gasteiger partial charge >= 0.3 is 0 Å². The van der Waals surface area contributed by atoms with E-state index in [1.807, 2.05) is 20.0 Å². The molecule has 0 aliphatic heterocycles. The average Bonchev–Trinajstić information content (AvgIpc) is 2.69. The van der Waals surface area contributed by atoms with Crippen LogP contribution in [-0.2, 0) is 13.0 Å². The van der Waals surface area contributed by atoms with Crippen molar-refractivity contribution in [1.82, 2.24) is 15.0 Å². The summed E-state index contributed by atoms with van der Waals surface area (Å²) in [5, 5.41) is 4.50. The second-order valence-corrected chi connectivity index (χ2v) is 5.93. The highest BCUT2D eigenvalue weighted by Crippen LogP contribution is 2.19. The van der Waals surface area contributed by atoms with Crippen LogP contribution in [0, 0.1) is 20.8 Å². The van der Waals surface area contributed by atoms with Gasteiger partial charge in [-0.3, -0.25) is 0 Å². The van der Waals surface area contributed by atoms with E-state index in [0.717, 1.165) is 41.7 Å². The van der Waals surface area contributed by atoms with Gasteiger partial charge in [-0.15, -0.1) is 11.3 Å². The molecule has 1 N–H and O–H groups in total. The van der Waals surface area contributed by atoms with Gasteiger partial charge in [-0.25, -0.2) is 15.0 Å². The van der Waals surface area contributed by atoms with Crippen molar-refractivity contribution in [3.63, 3.8) is 0 Å². The van der Waals surface area contributed by atoms with E-state index in [-0.39, 0.29) is 0 Å². The van der Waals surface area contributed by atoms with Gasteiger partial charge in [0.25, 0.3) is 0 Å². The smallest absolute Gasteiger partial charge is 0.133 e. The van der Waals surface area contributed by atoms with Crippen LogP contribution >= 0.6 is 11.3 Å². The summed E-state index contributed by atoms with van der Waals surface area (Å²) in [6.07, 6.45) is 4.02. The minimum absolute atomic E-state index is 0.729. The number of nitrogens with one attached hydrogen (secondary N) is 1. The molecule has 0 saturated carbocycles. The summed E-state index contributed by atoms with van der Waals surface area (Å²) in [5.41, 5.74) is 2.30. The normalized spacial score (nSPS) is 10.7. The minimum atomic E-state index is 0.729. The van der Waals surface area contributed by atoms with Crippen LogP contribution in [-0.4, -0.2) is 15.0 Å². The van der Waals surface area contributed by atoms with Crippen molar-refractivity contribution in [2.45, 2.75) is 47.1 Å². The number of nitrogens with zero attached hydrogens (tertiary/aromatic N) is 3. The van der Waals surface area contributed by atoms with Crippen molar-refractivity contribution in [3.05, 3.63) is 33.2 Å². The van der Waals surface area contributed by atoms with Crippen LogP contribution < -0.4 is 5.32 Å². The number of hydrogen-bond acceptors (Lipinski definition) is 5. The first-order valence-electron chi connectivity index (χ1n) is 6.59. The number of hydrogen-bond donors (Lipinski definition) is 1. The van der Waals surface area contributed by atoms with Crippen molar-refractivity contribution in [2.24, 2.45) is 0 Å². The highest BCUT2D eigenvalue weighted by Gasteiger charge is 2.07. The number of anilines is 1. The van der Waals surface area contributed by atoms with Gasteiger partial charge in [0.2, 0.25) is 0 Å². The molecule has 2 heterocycles. The molecule has 0 bridgehead atoms. The molecular formula is C14H20N4S. The molecule has 19 heavy (non-hydrogen) atoms. The summed E-state index contributed by atoms with van der Waals surface area (Å²) in [6.45, 7) is 8.96. The molecule has 0 amide bonds. The first kappa shape index (κ1) is 13.9. The quantitative estimate of drug-likeness (QED) is 0.909. The number of rotatable bonds is 5. The van der Waals surface area contributed by atoms with Crippen LogP contribution in [0.5, 0.6) is 0 Å². The number of thiazole rings is 1. The second kappa shape index (κ2) is 6.10. The van der Waals surface area contributed by atoms with E-state index in [1.54, 1.807) is 11.3 Å². The van der Waals surface area contributed by atoms with E-state index in [2.05, 4.69) is 34.1 Å². The highest BCUT2D eigenvalue weighted by molar-refractivity contribution is 7.11.